The minimum atomic E-state index is -0.135. The molecule has 3 rings (SSSR count). The van der Waals surface area contributed by atoms with E-state index in [4.69, 9.17) is 9.47 Å². The molecular weight excluding hydrogens is 378 g/mol. The highest BCUT2D eigenvalue weighted by Gasteiger charge is 2.37. The van der Waals surface area contributed by atoms with Crippen molar-refractivity contribution in [3.05, 3.63) is 59.2 Å². The van der Waals surface area contributed by atoms with Gasteiger partial charge in [-0.1, -0.05) is 30.3 Å². The lowest BCUT2D eigenvalue weighted by Gasteiger charge is -2.38. The molecule has 1 unspecified atom stereocenters. The Morgan fingerprint density at radius 1 is 1.07 bits per heavy atom. The number of benzene rings is 2. The zero-order valence-corrected chi connectivity index (χ0v) is 18.6. The summed E-state index contributed by atoms with van der Waals surface area (Å²) in [5.41, 5.74) is 3.76. The summed E-state index contributed by atoms with van der Waals surface area (Å²) >= 11 is 0. The first-order valence-electron chi connectivity index (χ1n) is 10.6. The van der Waals surface area contributed by atoms with E-state index < -0.39 is 0 Å². The average molecular weight is 413 g/mol. The number of fused-ring (bicyclic) bond motifs is 1. The highest BCUT2D eigenvalue weighted by molar-refractivity contribution is 5.74. The Morgan fingerprint density at radius 3 is 2.37 bits per heavy atom. The van der Waals surface area contributed by atoms with Gasteiger partial charge in [-0.2, -0.15) is 0 Å². The average Bonchev–Trinajstić information content (AvgIpc) is 2.72. The van der Waals surface area contributed by atoms with E-state index in [1.807, 2.05) is 19.9 Å². The van der Waals surface area contributed by atoms with Crippen molar-refractivity contribution in [2.24, 2.45) is 0 Å². The van der Waals surface area contributed by atoms with Crippen LogP contribution < -0.4 is 25.0 Å². The van der Waals surface area contributed by atoms with Crippen molar-refractivity contribution < 1.29 is 19.2 Å². The van der Waals surface area contributed by atoms with Crippen LogP contribution in [-0.2, 0) is 13.0 Å². The van der Waals surface area contributed by atoms with Crippen LogP contribution in [0.3, 0.4) is 0 Å². The van der Waals surface area contributed by atoms with Gasteiger partial charge in [0, 0.05) is 23.6 Å². The molecule has 3 N–H and O–H groups in total. The van der Waals surface area contributed by atoms with Gasteiger partial charge in [0.05, 0.1) is 26.8 Å². The van der Waals surface area contributed by atoms with E-state index >= 15 is 0 Å². The molecule has 0 aliphatic carbocycles. The summed E-state index contributed by atoms with van der Waals surface area (Å²) in [5.74, 6) is 1.47. The molecule has 1 heterocycles. The molecule has 1 aliphatic rings. The second-order valence-electron chi connectivity index (χ2n) is 8.27. The Balaban J connectivity index is 1.95. The molecule has 0 radical (unpaired) electrons. The van der Waals surface area contributed by atoms with Gasteiger partial charge < -0.3 is 25.0 Å². The van der Waals surface area contributed by atoms with Crippen molar-refractivity contribution in [2.75, 3.05) is 20.8 Å². The minimum Gasteiger partial charge on any atom is -0.493 e. The molecule has 0 saturated carbocycles. The molecule has 6 nitrogen and oxygen atoms in total. The summed E-state index contributed by atoms with van der Waals surface area (Å²) in [5, 5.41) is 6.10. The van der Waals surface area contributed by atoms with Crippen molar-refractivity contribution in [2.45, 2.75) is 51.9 Å². The number of carbonyl (C=O) groups is 1. The van der Waals surface area contributed by atoms with Crippen LogP contribution in [-0.4, -0.2) is 38.9 Å². The summed E-state index contributed by atoms with van der Waals surface area (Å²) in [6, 6.07) is 14.7. The first-order valence-corrected chi connectivity index (χ1v) is 10.6. The highest BCUT2D eigenvalue weighted by Crippen LogP contribution is 2.35. The minimum absolute atomic E-state index is 0.0559. The van der Waals surface area contributed by atoms with E-state index in [0.29, 0.717) is 0 Å². The van der Waals surface area contributed by atoms with Gasteiger partial charge in [0.2, 0.25) is 0 Å². The van der Waals surface area contributed by atoms with E-state index in [1.54, 1.807) is 14.2 Å². The third-order valence-electron chi connectivity index (χ3n) is 5.69. The SMILES string of the molecule is COc1cc2c(cc1OC)[C@@H]([C@H](C)NC(=O)NC(C)C)[NH+](Cc1ccccc1)CC2. The Bertz CT molecular complexity index is 854. The van der Waals surface area contributed by atoms with Crippen molar-refractivity contribution in [1.82, 2.24) is 10.6 Å². The molecule has 6 heteroatoms. The third-order valence-corrected chi connectivity index (χ3v) is 5.69. The Labute approximate surface area is 179 Å². The number of hydrogen-bond donors (Lipinski definition) is 3. The highest BCUT2D eigenvalue weighted by atomic mass is 16.5. The van der Waals surface area contributed by atoms with Crippen LogP contribution in [0.15, 0.2) is 42.5 Å². The number of quaternary nitrogens is 1. The zero-order valence-electron chi connectivity index (χ0n) is 18.6. The van der Waals surface area contributed by atoms with Crippen molar-refractivity contribution in [3.63, 3.8) is 0 Å². The standard InChI is InChI=1S/C24H33N3O3/c1-16(2)25-24(28)26-17(3)23-20-14-22(30-5)21(29-4)13-19(20)11-12-27(23)15-18-9-7-6-8-10-18/h6-10,13-14,16-17,23H,11-12,15H2,1-5H3,(H2,25,26,28)/p+1/t17-,23+/m0/s1. The molecule has 0 spiro atoms. The summed E-state index contributed by atoms with van der Waals surface area (Å²) in [4.78, 5) is 13.9. The van der Waals surface area contributed by atoms with Gasteiger partial charge in [-0.3, -0.25) is 0 Å². The second kappa shape index (κ2) is 9.85. The van der Waals surface area contributed by atoms with Crippen LogP contribution in [0.1, 0.15) is 43.5 Å². The lowest BCUT2D eigenvalue weighted by molar-refractivity contribution is -0.948. The molecule has 1 aliphatic heterocycles. The Morgan fingerprint density at radius 2 is 1.73 bits per heavy atom. The number of amides is 2. The predicted molar refractivity (Wildman–Crippen MR) is 118 cm³/mol. The van der Waals surface area contributed by atoms with E-state index in [0.717, 1.165) is 31.0 Å². The molecule has 0 bridgehead atoms. The molecule has 3 atom stereocenters. The number of hydrogen-bond acceptors (Lipinski definition) is 3. The van der Waals surface area contributed by atoms with Gasteiger partial charge in [-0.25, -0.2) is 4.79 Å². The van der Waals surface area contributed by atoms with Gasteiger partial charge >= 0.3 is 6.03 Å². The first-order chi connectivity index (χ1) is 14.4. The maximum absolute atomic E-state index is 12.4. The predicted octanol–water partition coefficient (Wildman–Crippen LogP) is 2.48. The molecular formula is C24H34N3O3+. The van der Waals surface area contributed by atoms with Crippen molar-refractivity contribution >= 4 is 6.03 Å². The number of ether oxygens (including phenoxy) is 2. The normalized spacial score (nSPS) is 19.0. The van der Waals surface area contributed by atoms with Crippen LogP contribution in [0.2, 0.25) is 0 Å². The quantitative estimate of drug-likeness (QED) is 0.655. The van der Waals surface area contributed by atoms with Crippen LogP contribution in [0.25, 0.3) is 0 Å². The number of urea groups is 1. The molecule has 2 aromatic rings. The van der Waals surface area contributed by atoms with E-state index in [2.05, 4.69) is 54.0 Å². The van der Waals surface area contributed by atoms with Gasteiger partial charge in [0.1, 0.15) is 12.6 Å². The van der Waals surface area contributed by atoms with Crippen molar-refractivity contribution in [1.29, 1.82) is 0 Å². The van der Waals surface area contributed by atoms with Gasteiger partial charge in [-0.05, 0) is 38.5 Å². The lowest BCUT2D eigenvalue weighted by atomic mass is 9.87. The van der Waals surface area contributed by atoms with Gasteiger partial charge in [0.15, 0.2) is 11.5 Å². The lowest BCUT2D eigenvalue weighted by Crippen LogP contribution is -3.13. The van der Waals surface area contributed by atoms with Crippen LogP contribution in [0, 0.1) is 0 Å². The smallest absolute Gasteiger partial charge is 0.315 e. The van der Waals surface area contributed by atoms with Gasteiger partial charge in [0.25, 0.3) is 0 Å². The summed E-state index contributed by atoms with van der Waals surface area (Å²) in [7, 11) is 3.33. The molecule has 2 amide bonds. The van der Waals surface area contributed by atoms with E-state index in [9.17, 15) is 4.79 Å². The molecule has 0 saturated heterocycles. The van der Waals surface area contributed by atoms with Crippen LogP contribution in [0.5, 0.6) is 11.5 Å². The molecule has 30 heavy (non-hydrogen) atoms. The topological polar surface area (TPSA) is 64.0 Å². The molecule has 162 valence electrons. The Kier molecular flexibility index (Phi) is 7.21. The largest absolute Gasteiger partial charge is 0.493 e. The van der Waals surface area contributed by atoms with Crippen molar-refractivity contribution in [3.8, 4) is 11.5 Å². The third kappa shape index (κ3) is 5.05. The maximum atomic E-state index is 12.4. The monoisotopic (exact) mass is 412 g/mol. The fourth-order valence-corrected chi connectivity index (χ4v) is 4.39. The molecule has 2 aromatic carbocycles. The summed E-state index contributed by atoms with van der Waals surface area (Å²) < 4.78 is 11.1. The maximum Gasteiger partial charge on any atom is 0.315 e. The zero-order chi connectivity index (χ0) is 21.7. The fourth-order valence-electron chi connectivity index (χ4n) is 4.39. The number of methoxy groups -OCH3 is 2. The number of nitrogens with one attached hydrogen (secondary N) is 3. The Hall–Kier alpha value is -2.73. The summed E-state index contributed by atoms with van der Waals surface area (Å²) in [6.07, 6.45) is 0.958. The van der Waals surface area contributed by atoms with Gasteiger partial charge in [-0.15, -0.1) is 0 Å². The molecule has 0 fully saturated rings. The van der Waals surface area contributed by atoms with E-state index in [1.165, 1.54) is 21.6 Å². The fraction of sp³-hybridized carbons (Fsp3) is 0.458. The summed E-state index contributed by atoms with van der Waals surface area (Å²) in [6.45, 7) is 7.90. The second-order valence-corrected chi connectivity index (χ2v) is 8.27. The van der Waals surface area contributed by atoms with E-state index in [-0.39, 0.29) is 24.2 Å². The molecule has 0 aromatic heterocycles. The van der Waals surface area contributed by atoms with Crippen LogP contribution in [0.4, 0.5) is 4.79 Å². The number of rotatable bonds is 7. The van der Waals surface area contributed by atoms with Crippen LogP contribution >= 0.6 is 0 Å². The first kappa shape index (κ1) is 22.0. The number of carbonyl (C=O) groups excluding carboxylic acids is 1.